The van der Waals surface area contributed by atoms with Gasteiger partial charge >= 0.3 is 0 Å². The van der Waals surface area contributed by atoms with E-state index in [-0.39, 0.29) is 5.75 Å². The predicted octanol–water partition coefficient (Wildman–Crippen LogP) is 3.67. The van der Waals surface area contributed by atoms with Crippen molar-refractivity contribution in [3.05, 3.63) is 53.1 Å². The molecule has 0 amide bonds. The van der Waals surface area contributed by atoms with Crippen LogP contribution < -0.4 is 10.1 Å². The summed E-state index contributed by atoms with van der Waals surface area (Å²) in [6.45, 7) is 0.500. The van der Waals surface area contributed by atoms with Gasteiger partial charge in [-0.15, -0.1) is 0 Å². The Morgan fingerprint density at radius 1 is 1.22 bits per heavy atom. The number of hydrogen-bond acceptors (Lipinski definition) is 3. The number of phenolic OH excluding ortho intramolecular Hbond substituents is 1. The maximum Gasteiger partial charge on any atom is 0.120 e. The molecule has 0 heterocycles. The Labute approximate surface area is 111 Å². The van der Waals surface area contributed by atoms with Crippen LogP contribution in [0.2, 0.25) is 5.02 Å². The van der Waals surface area contributed by atoms with E-state index >= 15 is 0 Å². The molecule has 94 valence electrons. The van der Waals surface area contributed by atoms with Crippen LogP contribution in [0.4, 0.5) is 5.69 Å². The van der Waals surface area contributed by atoms with Gasteiger partial charge in [0, 0.05) is 28.9 Å². The number of anilines is 1. The molecular formula is C14H14ClNO2. The fourth-order valence-corrected chi connectivity index (χ4v) is 1.82. The normalized spacial score (nSPS) is 10.1. The summed E-state index contributed by atoms with van der Waals surface area (Å²) >= 11 is 5.89. The number of phenols is 1. The van der Waals surface area contributed by atoms with Crippen LogP contribution in [-0.2, 0) is 6.54 Å². The molecule has 0 radical (unpaired) electrons. The first-order valence-electron chi connectivity index (χ1n) is 5.54. The second-order valence-electron chi connectivity index (χ2n) is 3.86. The lowest BCUT2D eigenvalue weighted by atomic mass is 10.2. The maximum absolute atomic E-state index is 9.69. The minimum Gasteiger partial charge on any atom is -0.508 e. The SMILES string of the molecule is COc1cccc(NCc2cc(Cl)ccc2O)c1. The lowest BCUT2D eigenvalue weighted by Gasteiger charge is -2.09. The van der Waals surface area contributed by atoms with Crippen molar-refractivity contribution in [2.45, 2.75) is 6.54 Å². The summed E-state index contributed by atoms with van der Waals surface area (Å²) in [4.78, 5) is 0. The molecule has 2 aromatic rings. The zero-order valence-corrected chi connectivity index (χ0v) is 10.7. The molecule has 0 aliphatic carbocycles. The molecule has 0 fully saturated rings. The molecule has 0 aromatic heterocycles. The Morgan fingerprint density at radius 2 is 2.06 bits per heavy atom. The van der Waals surface area contributed by atoms with Crippen LogP contribution in [-0.4, -0.2) is 12.2 Å². The van der Waals surface area contributed by atoms with Crippen LogP contribution in [0.1, 0.15) is 5.56 Å². The standard InChI is InChI=1S/C14H14ClNO2/c1-18-13-4-2-3-12(8-13)16-9-10-7-11(15)5-6-14(10)17/h2-8,16-17H,9H2,1H3. The van der Waals surface area contributed by atoms with Crippen LogP contribution in [0.25, 0.3) is 0 Å². The van der Waals surface area contributed by atoms with Gasteiger partial charge in [0.1, 0.15) is 11.5 Å². The first-order valence-corrected chi connectivity index (χ1v) is 5.92. The molecule has 2 N–H and O–H groups in total. The van der Waals surface area contributed by atoms with Gasteiger partial charge in [0.25, 0.3) is 0 Å². The second kappa shape index (κ2) is 5.65. The molecular weight excluding hydrogens is 250 g/mol. The van der Waals surface area contributed by atoms with Crippen molar-refractivity contribution < 1.29 is 9.84 Å². The van der Waals surface area contributed by atoms with E-state index in [1.54, 1.807) is 25.3 Å². The zero-order valence-electron chi connectivity index (χ0n) is 9.98. The number of rotatable bonds is 4. The number of benzene rings is 2. The maximum atomic E-state index is 9.69. The molecule has 0 atom stereocenters. The highest BCUT2D eigenvalue weighted by molar-refractivity contribution is 6.30. The number of halogens is 1. The van der Waals surface area contributed by atoms with E-state index in [1.807, 2.05) is 24.3 Å². The van der Waals surface area contributed by atoms with E-state index in [4.69, 9.17) is 16.3 Å². The average molecular weight is 264 g/mol. The summed E-state index contributed by atoms with van der Waals surface area (Å²) in [6, 6.07) is 12.6. The van der Waals surface area contributed by atoms with E-state index in [0.717, 1.165) is 17.0 Å². The molecule has 0 aliphatic heterocycles. The van der Waals surface area contributed by atoms with Crippen molar-refractivity contribution in [2.75, 3.05) is 12.4 Å². The summed E-state index contributed by atoms with van der Waals surface area (Å²) < 4.78 is 5.14. The third-order valence-corrected chi connectivity index (χ3v) is 2.83. The molecule has 0 bridgehead atoms. The zero-order chi connectivity index (χ0) is 13.0. The summed E-state index contributed by atoms with van der Waals surface area (Å²) in [7, 11) is 1.63. The lowest BCUT2D eigenvalue weighted by Crippen LogP contribution is -1.99. The summed E-state index contributed by atoms with van der Waals surface area (Å²) in [5, 5.41) is 13.5. The number of aromatic hydroxyl groups is 1. The van der Waals surface area contributed by atoms with Crippen molar-refractivity contribution in [1.29, 1.82) is 0 Å². The third kappa shape index (κ3) is 3.08. The summed E-state index contributed by atoms with van der Waals surface area (Å²) in [6.07, 6.45) is 0. The van der Waals surface area contributed by atoms with E-state index in [2.05, 4.69) is 5.32 Å². The highest BCUT2D eigenvalue weighted by atomic mass is 35.5. The number of hydrogen-bond donors (Lipinski definition) is 2. The largest absolute Gasteiger partial charge is 0.508 e. The molecule has 0 saturated carbocycles. The highest BCUT2D eigenvalue weighted by Gasteiger charge is 2.02. The average Bonchev–Trinajstić information content (AvgIpc) is 2.40. The lowest BCUT2D eigenvalue weighted by molar-refractivity contribution is 0.415. The Hall–Kier alpha value is -1.87. The highest BCUT2D eigenvalue weighted by Crippen LogP contribution is 2.23. The fourth-order valence-electron chi connectivity index (χ4n) is 1.63. The molecule has 3 nitrogen and oxygen atoms in total. The molecule has 2 rings (SSSR count). The van der Waals surface area contributed by atoms with Crippen LogP contribution in [0.15, 0.2) is 42.5 Å². The summed E-state index contributed by atoms with van der Waals surface area (Å²) in [5.41, 5.74) is 1.68. The Bertz CT molecular complexity index is 543. The van der Waals surface area contributed by atoms with Gasteiger partial charge in [-0.3, -0.25) is 0 Å². The Balaban J connectivity index is 2.08. The minimum atomic E-state index is 0.231. The van der Waals surface area contributed by atoms with Gasteiger partial charge in [-0.05, 0) is 30.3 Å². The minimum absolute atomic E-state index is 0.231. The van der Waals surface area contributed by atoms with Crippen LogP contribution >= 0.6 is 11.6 Å². The van der Waals surface area contributed by atoms with Crippen molar-refractivity contribution in [2.24, 2.45) is 0 Å². The molecule has 0 saturated heterocycles. The van der Waals surface area contributed by atoms with Gasteiger partial charge in [-0.2, -0.15) is 0 Å². The quantitative estimate of drug-likeness (QED) is 0.884. The number of nitrogens with one attached hydrogen (secondary N) is 1. The van der Waals surface area contributed by atoms with Gasteiger partial charge in [0.2, 0.25) is 0 Å². The smallest absolute Gasteiger partial charge is 0.120 e. The van der Waals surface area contributed by atoms with E-state index < -0.39 is 0 Å². The second-order valence-corrected chi connectivity index (χ2v) is 4.29. The molecule has 0 unspecified atom stereocenters. The topological polar surface area (TPSA) is 41.5 Å². The van der Waals surface area contributed by atoms with Gasteiger partial charge < -0.3 is 15.2 Å². The van der Waals surface area contributed by atoms with Crippen molar-refractivity contribution >= 4 is 17.3 Å². The van der Waals surface area contributed by atoms with Crippen LogP contribution in [0, 0.1) is 0 Å². The number of ether oxygens (including phenoxy) is 1. The summed E-state index contributed by atoms with van der Waals surface area (Å²) in [5.74, 6) is 1.02. The predicted molar refractivity (Wildman–Crippen MR) is 73.4 cm³/mol. The van der Waals surface area contributed by atoms with Crippen LogP contribution in [0.5, 0.6) is 11.5 Å². The molecule has 0 spiro atoms. The monoisotopic (exact) mass is 263 g/mol. The molecule has 2 aromatic carbocycles. The van der Waals surface area contributed by atoms with Gasteiger partial charge in [-0.1, -0.05) is 17.7 Å². The molecule has 4 heteroatoms. The fraction of sp³-hybridized carbons (Fsp3) is 0.143. The van der Waals surface area contributed by atoms with Gasteiger partial charge in [0.05, 0.1) is 7.11 Å². The van der Waals surface area contributed by atoms with Crippen molar-refractivity contribution in [3.8, 4) is 11.5 Å². The first-order chi connectivity index (χ1) is 8.69. The van der Waals surface area contributed by atoms with Gasteiger partial charge in [0.15, 0.2) is 0 Å². The number of methoxy groups -OCH3 is 1. The van der Waals surface area contributed by atoms with E-state index in [1.165, 1.54) is 0 Å². The molecule has 0 aliphatic rings. The third-order valence-electron chi connectivity index (χ3n) is 2.59. The van der Waals surface area contributed by atoms with E-state index in [9.17, 15) is 5.11 Å². The van der Waals surface area contributed by atoms with E-state index in [0.29, 0.717) is 11.6 Å². The first kappa shape index (κ1) is 12.6. The van der Waals surface area contributed by atoms with Crippen LogP contribution in [0.3, 0.4) is 0 Å². The van der Waals surface area contributed by atoms with Gasteiger partial charge in [-0.25, -0.2) is 0 Å². The Morgan fingerprint density at radius 3 is 2.83 bits per heavy atom. The molecule has 18 heavy (non-hydrogen) atoms. The Kier molecular flexibility index (Phi) is 3.95. The van der Waals surface area contributed by atoms with Crippen molar-refractivity contribution in [3.63, 3.8) is 0 Å². The van der Waals surface area contributed by atoms with Crippen molar-refractivity contribution in [1.82, 2.24) is 0 Å².